The lowest BCUT2D eigenvalue weighted by Crippen LogP contribution is -2.54. The van der Waals surface area contributed by atoms with Gasteiger partial charge in [-0.05, 0) is 6.42 Å². The van der Waals surface area contributed by atoms with Crippen molar-refractivity contribution in [1.82, 2.24) is 25.9 Å². The molecule has 0 aliphatic carbocycles. The fourth-order valence-electron chi connectivity index (χ4n) is 2.25. The normalized spacial score (nSPS) is 13.5. The Bertz CT molecular complexity index is 753. The number of aromatic amines is 1. The summed E-state index contributed by atoms with van der Waals surface area (Å²) in [5, 5.41) is 33.4. The number of nitrogens with two attached hydrogens (primary N) is 1. The summed E-state index contributed by atoms with van der Waals surface area (Å²) >= 11 is 0. The zero-order chi connectivity index (χ0) is 22.7. The molecule has 1 rings (SSSR count). The summed E-state index contributed by atoms with van der Waals surface area (Å²) < 4.78 is 0. The molecular formula is C16H24N6O8. The summed E-state index contributed by atoms with van der Waals surface area (Å²) in [6.07, 6.45) is 1.83. The maximum Gasteiger partial charge on any atom is 0.326 e. The van der Waals surface area contributed by atoms with Crippen LogP contribution in [0.3, 0.4) is 0 Å². The number of rotatable bonds is 13. The number of H-pyrrole nitrogens is 1. The summed E-state index contributed by atoms with van der Waals surface area (Å²) in [7, 11) is 0. The number of carbonyl (C=O) groups is 5. The minimum Gasteiger partial charge on any atom is -0.481 e. The zero-order valence-corrected chi connectivity index (χ0v) is 15.8. The number of aliphatic hydroxyl groups is 1. The second kappa shape index (κ2) is 12.1. The molecule has 0 radical (unpaired) electrons. The number of aliphatic hydroxyl groups excluding tert-OH is 1. The van der Waals surface area contributed by atoms with Crippen molar-refractivity contribution in [2.45, 2.75) is 37.4 Å². The van der Waals surface area contributed by atoms with Crippen LogP contribution in [0.15, 0.2) is 12.5 Å². The number of imidazole rings is 1. The Morgan fingerprint density at radius 1 is 1.10 bits per heavy atom. The van der Waals surface area contributed by atoms with E-state index in [2.05, 4.69) is 25.9 Å². The van der Waals surface area contributed by atoms with Gasteiger partial charge in [0.05, 0.1) is 19.5 Å². The lowest BCUT2D eigenvalue weighted by Gasteiger charge is -2.21. The number of amides is 3. The highest BCUT2D eigenvalue weighted by atomic mass is 16.4. The Morgan fingerprint density at radius 3 is 2.33 bits per heavy atom. The molecule has 14 nitrogen and oxygen atoms in total. The second-order valence-corrected chi connectivity index (χ2v) is 6.24. The van der Waals surface area contributed by atoms with Crippen molar-refractivity contribution in [3.05, 3.63) is 18.2 Å². The third-order valence-electron chi connectivity index (χ3n) is 3.85. The number of aromatic nitrogens is 2. The van der Waals surface area contributed by atoms with E-state index in [1.165, 1.54) is 12.5 Å². The molecule has 1 aromatic rings. The maximum absolute atomic E-state index is 12.5. The number of hydrogen-bond acceptors (Lipinski definition) is 8. The molecular weight excluding hydrogens is 404 g/mol. The minimum atomic E-state index is -1.47. The number of nitrogens with zero attached hydrogens (tertiary/aromatic N) is 1. The van der Waals surface area contributed by atoms with Gasteiger partial charge in [-0.15, -0.1) is 0 Å². The van der Waals surface area contributed by atoms with Crippen LogP contribution in [0.2, 0.25) is 0 Å². The molecule has 0 bridgehead atoms. The van der Waals surface area contributed by atoms with Crippen LogP contribution in [-0.4, -0.2) is 86.2 Å². The average molecular weight is 428 g/mol. The van der Waals surface area contributed by atoms with E-state index in [0.29, 0.717) is 5.69 Å². The molecule has 3 unspecified atom stereocenters. The van der Waals surface area contributed by atoms with Gasteiger partial charge in [-0.2, -0.15) is 0 Å². The Morgan fingerprint density at radius 2 is 1.80 bits per heavy atom. The highest BCUT2D eigenvalue weighted by Gasteiger charge is 2.27. The highest BCUT2D eigenvalue weighted by molar-refractivity contribution is 5.92. The fraction of sp³-hybridized carbons (Fsp3) is 0.500. The maximum atomic E-state index is 12.5. The second-order valence-electron chi connectivity index (χ2n) is 6.24. The van der Waals surface area contributed by atoms with Crippen LogP contribution >= 0.6 is 0 Å². The minimum absolute atomic E-state index is 0.0764. The molecule has 3 amide bonds. The molecule has 0 aromatic carbocycles. The predicted molar refractivity (Wildman–Crippen MR) is 98.7 cm³/mol. The van der Waals surface area contributed by atoms with Crippen LogP contribution in [0, 0.1) is 0 Å². The average Bonchev–Trinajstić information content (AvgIpc) is 3.20. The standard InChI is InChI=1S/C16H24N6O8/c17-9(6-23)14(27)19-5-12(24)21-11(3-8-4-18-7-20-8)15(28)22-10(16(29)30)1-2-13(25)26/h4,7,9-11,23H,1-3,5-6,17H2,(H,18,20)(H,19,27)(H,21,24)(H,22,28)(H,25,26)(H,29,30). The first kappa shape index (κ1) is 24.5. The van der Waals surface area contributed by atoms with Crippen LogP contribution in [0.25, 0.3) is 0 Å². The molecule has 1 heterocycles. The van der Waals surface area contributed by atoms with Gasteiger partial charge in [-0.25, -0.2) is 9.78 Å². The lowest BCUT2D eigenvalue weighted by atomic mass is 10.1. The van der Waals surface area contributed by atoms with E-state index in [1.807, 2.05) is 0 Å². The SMILES string of the molecule is NC(CO)C(=O)NCC(=O)NC(Cc1cnc[nH]1)C(=O)NC(CCC(=O)O)C(=O)O. The first-order valence-electron chi connectivity index (χ1n) is 8.79. The van der Waals surface area contributed by atoms with Gasteiger partial charge in [0.15, 0.2) is 0 Å². The smallest absolute Gasteiger partial charge is 0.326 e. The van der Waals surface area contributed by atoms with E-state index in [0.717, 1.165) is 0 Å². The van der Waals surface area contributed by atoms with Gasteiger partial charge in [0, 0.05) is 24.7 Å². The summed E-state index contributed by atoms with van der Waals surface area (Å²) in [4.78, 5) is 64.6. The topological polar surface area (TPSA) is 237 Å². The van der Waals surface area contributed by atoms with Gasteiger partial charge in [-0.3, -0.25) is 19.2 Å². The van der Waals surface area contributed by atoms with Gasteiger partial charge in [0.2, 0.25) is 17.7 Å². The van der Waals surface area contributed by atoms with Crippen molar-refractivity contribution in [2.24, 2.45) is 5.73 Å². The van der Waals surface area contributed by atoms with Crippen molar-refractivity contribution in [1.29, 1.82) is 0 Å². The molecule has 3 atom stereocenters. The van der Waals surface area contributed by atoms with Gasteiger partial charge in [-0.1, -0.05) is 0 Å². The number of hydrogen-bond donors (Lipinski definition) is 8. The summed E-state index contributed by atoms with van der Waals surface area (Å²) in [5.41, 5.74) is 5.77. The van der Waals surface area contributed by atoms with E-state index in [-0.39, 0.29) is 12.8 Å². The summed E-state index contributed by atoms with van der Waals surface area (Å²) in [6, 6.07) is -3.93. The third-order valence-corrected chi connectivity index (χ3v) is 3.85. The monoisotopic (exact) mass is 428 g/mol. The third kappa shape index (κ3) is 8.66. The molecule has 0 saturated carbocycles. The van der Waals surface area contributed by atoms with E-state index < -0.39 is 67.4 Å². The molecule has 0 saturated heterocycles. The fourth-order valence-corrected chi connectivity index (χ4v) is 2.25. The molecule has 1 aromatic heterocycles. The van der Waals surface area contributed by atoms with Crippen molar-refractivity contribution in [2.75, 3.05) is 13.2 Å². The predicted octanol–water partition coefficient (Wildman–Crippen LogP) is -3.69. The van der Waals surface area contributed by atoms with Crippen LogP contribution in [0.5, 0.6) is 0 Å². The first-order valence-corrected chi connectivity index (χ1v) is 8.79. The number of carboxylic acid groups (broad SMARTS) is 2. The Hall–Kier alpha value is -3.52. The Kier molecular flexibility index (Phi) is 9.91. The molecule has 166 valence electrons. The molecule has 0 aliphatic heterocycles. The van der Waals surface area contributed by atoms with Crippen LogP contribution in [0.4, 0.5) is 0 Å². The van der Waals surface area contributed by atoms with Gasteiger partial charge >= 0.3 is 11.9 Å². The molecule has 0 aliphatic rings. The van der Waals surface area contributed by atoms with Gasteiger partial charge in [0.1, 0.15) is 18.1 Å². The molecule has 0 spiro atoms. The Labute approximate surface area is 170 Å². The van der Waals surface area contributed by atoms with Crippen molar-refractivity contribution in [3.8, 4) is 0 Å². The molecule has 9 N–H and O–H groups in total. The highest BCUT2D eigenvalue weighted by Crippen LogP contribution is 2.03. The summed E-state index contributed by atoms with van der Waals surface area (Å²) in [5.74, 6) is -5.07. The van der Waals surface area contributed by atoms with E-state index in [1.54, 1.807) is 0 Å². The van der Waals surface area contributed by atoms with Crippen LogP contribution in [-0.2, 0) is 30.4 Å². The number of aliphatic carboxylic acids is 2. The van der Waals surface area contributed by atoms with Crippen LogP contribution < -0.4 is 21.7 Å². The zero-order valence-electron chi connectivity index (χ0n) is 15.8. The van der Waals surface area contributed by atoms with E-state index in [9.17, 15) is 29.1 Å². The lowest BCUT2D eigenvalue weighted by molar-refractivity contribution is -0.143. The molecule has 0 fully saturated rings. The molecule has 14 heteroatoms. The van der Waals surface area contributed by atoms with Crippen molar-refractivity contribution < 1.29 is 39.3 Å². The summed E-state index contributed by atoms with van der Waals surface area (Å²) in [6.45, 7) is -1.16. The van der Waals surface area contributed by atoms with Crippen molar-refractivity contribution >= 4 is 29.7 Å². The Balaban J connectivity index is 2.79. The largest absolute Gasteiger partial charge is 0.481 e. The van der Waals surface area contributed by atoms with E-state index >= 15 is 0 Å². The number of nitrogens with one attached hydrogen (secondary N) is 4. The number of carbonyl (C=O) groups excluding carboxylic acids is 3. The molecule has 30 heavy (non-hydrogen) atoms. The van der Waals surface area contributed by atoms with Gasteiger partial charge in [0.25, 0.3) is 0 Å². The van der Waals surface area contributed by atoms with Crippen LogP contribution in [0.1, 0.15) is 18.5 Å². The van der Waals surface area contributed by atoms with Gasteiger partial charge < -0.3 is 42.0 Å². The van der Waals surface area contributed by atoms with E-state index in [4.69, 9.17) is 15.9 Å². The quantitative estimate of drug-likeness (QED) is 0.153. The first-order chi connectivity index (χ1) is 14.1. The van der Waals surface area contributed by atoms with Crippen molar-refractivity contribution in [3.63, 3.8) is 0 Å². The number of carboxylic acids is 2.